The number of hydrogen-bond donors (Lipinski definition) is 0. The SMILES string of the molecule is O=C(CN1C(=O)S/C(=C/c2cccn2Cc2ccccc2[N+](=O)[O-])C1=O)c1ccccc1. The minimum Gasteiger partial charge on any atom is -0.343 e. The molecular formula is C23H17N3O5S. The van der Waals surface area contributed by atoms with E-state index in [1.807, 2.05) is 0 Å². The standard InChI is InChI=1S/C23H17N3O5S/c27-20(16-7-2-1-3-8-16)15-25-22(28)21(32-23(25)29)13-18-10-6-12-24(18)14-17-9-4-5-11-19(17)26(30)31/h1-13H,14-15H2/b21-13+. The van der Waals surface area contributed by atoms with Crippen LogP contribution < -0.4 is 0 Å². The molecular weight excluding hydrogens is 430 g/mol. The zero-order chi connectivity index (χ0) is 22.7. The van der Waals surface area contributed by atoms with Gasteiger partial charge in [0.1, 0.15) is 0 Å². The Morgan fingerprint density at radius 3 is 2.47 bits per heavy atom. The van der Waals surface area contributed by atoms with E-state index in [0.29, 0.717) is 16.8 Å². The topological polar surface area (TPSA) is 103 Å². The maximum Gasteiger partial charge on any atom is 0.293 e. The second-order valence-corrected chi connectivity index (χ2v) is 8.00. The number of carbonyl (C=O) groups is 3. The molecule has 1 aliphatic heterocycles. The lowest BCUT2D eigenvalue weighted by Crippen LogP contribution is -2.33. The summed E-state index contributed by atoms with van der Waals surface area (Å²) < 4.78 is 1.76. The third-order valence-corrected chi connectivity index (χ3v) is 5.85. The largest absolute Gasteiger partial charge is 0.343 e. The van der Waals surface area contributed by atoms with Gasteiger partial charge in [0.15, 0.2) is 5.78 Å². The Hall–Kier alpha value is -3.98. The molecule has 0 atom stereocenters. The fourth-order valence-corrected chi connectivity index (χ4v) is 4.16. The van der Waals surface area contributed by atoms with Crippen molar-refractivity contribution in [3.8, 4) is 0 Å². The molecule has 0 N–H and O–H groups in total. The van der Waals surface area contributed by atoms with Gasteiger partial charge in [-0.25, -0.2) is 0 Å². The second kappa shape index (κ2) is 9.03. The van der Waals surface area contributed by atoms with Crippen molar-refractivity contribution in [1.29, 1.82) is 0 Å². The van der Waals surface area contributed by atoms with Gasteiger partial charge in [-0.2, -0.15) is 0 Å². The molecule has 1 fully saturated rings. The molecule has 160 valence electrons. The minimum absolute atomic E-state index is 0.00639. The van der Waals surface area contributed by atoms with Crippen molar-refractivity contribution >= 4 is 40.5 Å². The van der Waals surface area contributed by atoms with Crippen LogP contribution in [-0.2, 0) is 11.3 Å². The van der Waals surface area contributed by atoms with Crippen molar-refractivity contribution in [3.63, 3.8) is 0 Å². The van der Waals surface area contributed by atoms with E-state index in [2.05, 4.69) is 0 Å². The molecule has 9 heteroatoms. The lowest BCUT2D eigenvalue weighted by Gasteiger charge is -2.11. The van der Waals surface area contributed by atoms with E-state index < -0.39 is 16.1 Å². The van der Waals surface area contributed by atoms with Crippen molar-refractivity contribution in [2.45, 2.75) is 6.54 Å². The highest BCUT2D eigenvalue weighted by Crippen LogP contribution is 2.32. The number of benzene rings is 2. The first-order valence-corrected chi connectivity index (χ1v) is 10.5. The average Bonchev–Trinajstić information content (AvgIpc) is 3.33. The third-order valence-electron chi connectivity index (χ3n) is 4.94. The molecule has 0 aliphatic carbocycles. The van der Waals surface area contributed by atoms with Crippen LogP contribution >= 0.6 is 11.8 Å². The zero-order valence-electron chi connectivity index (χ0n) is 16.7. The summed E-state index contributed by atoms with van der Waals surface area (Å²) >= 11 is 0.765. The number of nitro benzene ring substituents is 1. The molecule has 0 radical (unpaired) electrons. The quantitative estimate of drug-likeness (QED) is 0.231. The monoisotopic (exact) mass is 447 g/mol. The normalized spacial score (nSPS) is 14.9. The molecule has 0 bridgehead atoms. The Kier molecular flexibility index (Phi) is 6.00. The molecule has 4 rings (SSSR count). The van der Waals surface area contributed by atoms with Crippen LogP contribution in [-0.4, -0.2) is 37.9 Å². The van der Waals surface area contributed by atoms with E-state index in [1.165, 1.54) is 6.07 Å². The Bertz CT molecular complexity index is 1250. The van der Waals surface area contributed by atoms with Crippen molar-refractivity contribution in [2.24, 2.45) is 0 Å². The van der Waals surface area contributed by atoms with Gasteiger partial charge in [0.05, 0.1) is 22.9 Å². The van der Waals surface area contributed by atoms with Crippen molar-refractivity contribution in [3.05, 3.63) is 105 Å². The van der Waals surface area contributed by atoms with Crippen molar-refractivity contribution in [2.75, 3.05) is 6.54 Å². The number of rotatable bonds is 7. The summed E-state index contributed by atoms with van der Waals surface area (Å²) in [6.07, 6.45) is 3.30. The lowest BCUT2D eigenvalue weighted by atomic mass is 10.1. The van der Waals surface area contributed by atoms with E-state index in [-0.39, 0.29) is 29.5 Å². The number of imide groups is 1. The number of carbonyl (C=O) groups excluding carboxylic acids is 3. The molecule has 2 aromatic carbocycles. The highest BCUT2D eigenvalue weighted by molar-refractivity contribution is 8.18. The Balaban J connectivity index is 1.54. The van der Waals surface area contributed by atoms with Gasteiger partial charge in [0, 0.05) is 29.1 Å². The van der Waals surface area contributed by atoms with Crippen molar-refractivity contribution < 1.29 is 19.3 Å². The van der Waals surface area contributed by atoms with Crippen LogP contribution in [0.5, 0.6) is 0 Å². The first-order chi connectivity index (χ1) is 15.4. The predicted molar refractivity (Wildman–Crippen MR) is 120 cm³/mol. The zero-order valence-corrected chi connectivity index (χ0v) is 17.5. The molecule has 1 aromatic heterocycles. The van der Waals surface area contributed by atoms with Gasteiger partial charge in [-0.05, 0) is 30.0 Å². The van der Waals surface area contributed by atoms with Gasteiger partial charge in [0.2, 0.25) is 0 Å². The number of thioether (sulfide) groups is 1. The highest BCUT2D eigenvalue weighted by Gasteiger charge is 2.36. The van der Waals surface area contributed by atoms with Crippen LogP contribution in [0.3, 0.4) is 0 Å². The number of nitrogens with zero attached hydrogens (tertiary/aromatic N) is 3. The van der Waals surface area contributed by atoms with E-state index in [9.17, 15) is 24.5 Å². The molecule has 0 saturated carbocycles. The predicted octanol–water partition coefficient (Wildman–Crippen LogP) is 4.36. The second-order valence-electron chi connectivity index (χ2n) is 7.00. The number of aromatic nitrogens is 1. The number of ketones is 1. The van der Waals surface area contributed by atoms with Gasteiger partial charge in [-0.1, -0.05) is 48.5 Å². The molecule has 2 amide bonds. The van der Waals surface area contributed by atoms with Crippen LogP contribution in [0.4, 0.5) is 10.5 Å². The van der Waals surface area contributed by atoms with E-state index in [0.717, 1.165) is 16.7 Å². The number of amides is 2. The summed E-state index contributed by atoms with van der Waals surface area (Å²) in [6.45, 7) is -0.102. The smallest absolute Gasteiger partial charge is 0.293 e. The van der Waals surface area contributed by atoms with Crippen LogP contribution in [0.1, 0.15) is 21.6 Å². The Morgan fingerprint density at radius 1 is 1.00 bits per heavy atom. The summed E-state index contributed by atoms with van der Waals surface area (Å²) in [6, 6.07) is 18.4. The lowest BCUT2D eigenvalue weighted by molar-refractivity contribution is -0.385. The molecule has 0 unspecified atom stereocenters. The number of nitro groups is 1. The van der Waals surface area contributed by atoms with E-state index >= 15 is 0 Å². The van der Waals surface area contributed by atoms with Crippen LogP contribution in [0.15, 0.2) is 77.8 Å². The molecule has 3 aromatic rings. The summed E-state index contributed by atoms with van der Waals surface area (Å²) in [5.41, 5.74) is 1.56. The van der Waals surface area contributed by atoms with Gasteiger partial charge in [-0.15, -0.1) is 0 Å². The minimum atomic E-state index is -0.539. The number of hydrogen-bond acceptors (Lipinski definition) is 6. The number of para-hydroxylation sites is 1. The maximum atomic E-state index is 12.8. The Labute approximate surface area is 187 Å². The van der Waals surface area contributed by atoms with Gasteiger partial charge < -0.3 is 4.57 Å². The van der Waals surface area contributed by atoms with Crippen LogP contribution in [0.25, 0.3) is 6.08 Å². The number of Topliss-reactive ketones (excluding diaryl/α,β-unsaturated/α-hetero) is 1. The first-order valence-electron chi connectivity index (χ1n) is 9.65. The Morgan fingerprint density at radius 2 is 1.72 bits per heavy atom. The van der Waals surface area contributed by atoms with Crippen LogP contribution in [0.2, 0.25) is 0 Å². The third kappa shape index (κ3) is 4.37. The van der Waals surface area contributed by atoms with Gasteiger partial charge in [0.25, 0.3) is 16.8 Å². The molecule has 2 heterocycles. The van der Waals surface area contributed by atoms with Gasteiger partial charge in [-0.3, -0.25) is 29.4 Å². The fourth-order valence-electron chi connectivity index (χ4n) is 3.34. The van der Waals surface area contributed by atoms with Crippen LogP contribution in [0, 0.1) is 10.1 Å². The average molecular weight is 447 g/mol. The maximum absolute atomic E-state index is 12.8. The van der Waals surface area contributed by atoms with Crippen molar-refractivity contribution in [1.82, 2.24) is 9.47 Å². The molecule has 0 spiro atoms. The molecule has 1 saturated heterocycles. The molecule has 32 heavy (non-hydrogen) atoms. The summed E-state index contributed by atoms with van der Waals surface area (Å²) in [7, 11) is 0. The highest BCUT2D eigenvalue weighted by atomic mass is 32.2. The van der Waals surface area contributed by atoms with Gasteiger partial charge >= 0.3 is 0 Å². The molecule has 1 aliphatic rings. The summed E-state index contributed by atoms with van der Waals surface area (Å²) in [4.78, 5) is 49.6. The van der Waals surface area contributed by atoms with E-state index in [4.69, 9.17) is 0 Å². The fraction of sp³-hybridized carbons (Fsp3) is 0.0870. The molecule has 8 nitrogen and oxygen atoms in total. The summed E-state index contributed by atoms with van der Waals surface area (Å²) in [5.74, 6) is -0.864. The summed E-state index contributed by atoms with van der Waals surface area (Å²) in [5, 5.41) is 10.8. The first kappa shape index (κ1) is 21.3. The van der Waals surface area contributed by atoms with E-state index in [1.54, 1.807) is 77.5 Å².